The molecule has 2 amide bonds. The third-order valence-electron chi connectivity index (χ3n) is 4.22. The Hall–Kier alpha value is -3.09. The minimum Gasteiger partial charge on any atom is -0.497 e. The molecular formula is C18H19N3O4. The van der Waals surface area contributed by atoms with Crippen molar-refractivity contribution in [1.82, 2.24) is 15.2 Å². The third kappa shape index (κ3) is 3.88. The number of pyridine rings is 1. The fraction of sp³-hybridized carbons (Fsp3) is 0.278. The van der Waals surface area contributed by atoms with Crippen LogP contribution in [-0.2, 0) is 17.8 Å². The number of carbonyl (C=O) groups is 2. The number of nitrogens with zero attached hydrogens (tertiary/aromatic N) is 1. The van der Waals surface area contributed by atoms with Gasteiger partial charge in [-0.15, -0.1) is 0 Å². The van der Waals surface area contributed by atoms with E-state index in [0.29, 0.717) is 18.7 Å². The van der Waals surface area contributed by atoms with Crippen LogP contribution in [0.3, 0.4) is 0 Å². The Morgan fingerprint density at radius 2 is 2.08 bits per heavy atom. The zero-order valence-corrected chi connectivity index (χ0v) is 13.9. The van der Waals surface area contributed by atoms with E-state index in [2.05, 4.69) is 10.3 Å². The molecule has 0 aliphatic carbocycles. The van der Waals surface area contributed by atoms with Crippen molar-refractivity contribution in [2.24, 2.45) is 0 Å². The Morgan fingerprint density at radius 3 is 2.80 bits per heavy atom. The van der Waals surface area contributed by atoms with Crippen molar-refractivity contribution >= 4 is 11.8 Å². The summed E-state index contributed by atoms with van der Waals surface area (Å²) in [7, 11) is 1.63. The molecule has 0 spiro atoms. The number of carbonyl (C=O) groups excluding carboxylic acids is 2. The van der Waals surface area contributed by atoms with Gasteiger partial charge in [0.15, 0.2) is 0 Å². The molecule has 0 saturated heterocycles. The number of aromatic amines is 1. The molecule has 0 radical (unpaired) electrons. The summed E-state index contributed by atoms with van der Waals surface area (Å²) >= 11 is 0. The van der Waals surface area contributed by atoms with Crippen molar-refractivity contribution in [3.05, 3.63) is 63.6 Å². The fourth-order valence-corrected chi connectivity index (χ4v) is 2.79. The topological polar surface area (TPSA) is 91.5 Å². The van der Waals surface area contributed by atoms with E-state index in [-0.39, 0.29) is 18.0 Å². The summed E-state index contributed by atoms with van der Waals surface area (Å²) in [4.78, 5) is 39.5. The lowest BCUT2D eigenvalue weighted by Crippen LogP contribution is -2.42. The summed E-state index contributed by atoms with van der Waals surface area (Å²) in [5.74, 6) is 0.276. The van der Waals surface area contributed by atoms with Gasteiger partial charge in [0.2, 0.25) is 11.5 Å². The molecule has 130 valence electrons. The van der Waals surface area contributed by atoms with Crippen LogP contribution in [-0.4, -0.2) is 41.9 Å². The summed E-state index contributed by atoms with van der Waals surface area (Å²) in [6, 6.07) is 8.53. The Morgan fingerprint density at radius 1 is 1.24 bits per heavy atom. The molecule has 0 bridgehead atoms. The highest BCUT2D eigenvalue weighted by atomic mass is 16.5. The van der Waals surface area contributed by atoms with Crippen LogP contribution >= 0.6 is 0 Å². The van der Waals surface area contributed by atoms with Crippen LogP contribution in [0.1, 0.15) is 21.5 Å². The number of amides is 2. The maximum absolute atomic E-state index is 12.3. The zero-order chi connectivity index (χ0) is 17.8. The van der Waals surface area contributed by atoms with E-state index in [4.69, 9.17) is 4.74 Å². The summed E-state index contributed by atoms with van der Waals surface area (Å²) in [6.45, 7) is 1.05. The van der Waals surface area contributed by atoms with Crippen molar-refractivity contribution in [3.8, 4) is 5.75 Å². The van der Waals surface area contributed by atoms with Crippen molar-refractivity contribution in [1.29, 1.82) is 0 Å². The van der Waals surface area contributed by atoms with E-state index in [1.807, 2.05) is 18.2 Å². The maximum Gasteiger partial charge on any atom is 0.253 e. The summed E-state index contributed by atoms with van der Waals surface area (Å²) in [5.41, 5.74) is 2.30. The first kappa shape index (κ1) is 16.8. The van der Waals surface area contributed by atoms with E-state index in [9.17, 15) is 14.4 Å². The second-order valence-electron chi connectivity index (χ2n) is 5.82. The van der Waals surface area contributed by atoms with Crippen LogP contribution in [0.4, 0.5) is 0 Å². The van der Waals surface area contributed by atoms with Gasteiger partial charge in [-0.25, -0.2) is 0 Å². The van der Waals surface area contributed by atoms with Crippen molar-refractivity contribution in [3.63, 3.8) is 0 Å². The lowest BCUT2D eigenvalue weighted by Gasteiger charge is -2.29. The predicted octanol–water partition coefficient (Wildman–Crippen LogP) is 0.698. The molecule has 25 heavy (non-hydrogen) atoms. The number of hydrogen-bond acceptors (Lipinski definition) is 4. The molecule has 0 fully saturated rings. The van der Waals surface area contributed by atoms with Crippen LogP contribution < -0.4 is 15.6 Å². The number of hydrogen-bond donors (Lipinski definition) is 2. The average molecular weight is 341 g/mol. The quantitative estimate of drug-likeness (QED) is 0.856. The largest absolute Gasteiger partial charge is 0.497 e. The van der Waals surface area contributed by atoms with Crippen molar-refractivity contribution < 1.29 is 14.3 Å². The number of benzene rings is 1. The van der Waals surface area contributed by atoms with Gasteiger partial charge in [0.05, 0.1) is 19.2 Å². The first-order valence-corrected chi connectivity index (χ1v) is 7.97. The van der Waals surface area contributed by atoms with Gasteiger partial charge >= 0.3 is 0 Å². The van der Waals surface area contributed by atoms with Gasteiger partial charge in [-0.3, -0.25) is 14.4 Å². The Labute approximate surface area is 144 Å². The normalized spacial score (nSPS) is 13.1. The molecule has 2 N–H and O–H groups in total. The highest BCUT2D eigenvalue weighted by Crippen LogP contribution is 2.23. The van der Waals surface area contributed by atoms with E-state index in [1.165, 1.54) is 23.9 Å². The molecule has 7 heteroatoms. The van der Waals surface area contributed by atoms with Crippen molar-refractivity contribution in [2.45, 2.75) is 13.0 Å². The smallest absolute Gasteiger partial charge is 0.253 e. The Bertz CT molecular complexity index is 839. The van der Waals surface area contributed by atoms with Gasteiger partial charge in [0.1, 0.15) is 5.75 Å². The molecule has 1 aromatic carbocycles. The number of H-pyrrole nitrogens is 1. The van der Waals surface area contributed by atoms with Crippen molar-refractivity contribution in [2.75, 3.05) is 20.2 Å². The second-order valence-corrected chi connectivity index (χ2v) is 5.82. The van der Waals surface area contributed by atoms with Gasteiger partial charge in [-0.2, -0.15) is 0 Å². The summed E-state index contributed by atoms with van der Waals surface area (Å²) in [5, 5.41) is 2.59. The van der Waals surface area contributed by atoms with Crippen LogP contribution in [0.15, 0.2) is 41.3 Å². The zero-order valence-electron chi connectivity index (χ0n) is 13.9. The number of fused-ring (bicyclic) bond motifs is 1. The number of ether oxygens (including phenoxy) is 1. The number of nitrogens with one attached hydrogen (secondary N) is 2. The lowest BCUT2D eigenvalue weighted by molar-refractivity contribution is -0.131. The molecule has 0 atom stereocenters. The molecule has 1 aromatic heterocycles. The number of methoxy groups -OCH3 is 1. The molecule has 0 saturated carbocycles. The molecule has 2 aromatic rings. The number of rotatable bonds is 4. The third-order valence-corrected chi connectivity index (χ3v) is 4.22. The van der Waals surface area contributed by atoms with E-state index >= 15 is 0 Å². The molecule has 3 rings (SSSR count). The van der Waals surface area contributed by atoms with Crippen LogP contribution in [0.25, 0.3) is 0 Å². The van der Waals surface area contributed by atoms with Gasteiger partial charge < -0.3 is 19.9 Å². The molecule has 1 aliphatic rings. The lowest BCUT2D eigenvalue weighted by atomic mass is 9.99. The number of aromatic nitrogens is 1. The molecule has 1 aliphatic heterocycles. The molecular weight excluding hydrogens is 322 g/mol. The highest BCUT2D eigenvalue weighted by Gasteiger charge is 2.21. The fourth-order valence-electron chi connectivity index (χ4n) is 2.79. The van der Waals surface area contributed by atoms with Crippen LogP contribution in [0, 0.1) is 0 Å². The van der Waals surface area contributed by atoms with Gasteiger partial charge in [-0.05, 0) is 35.7 Å². The maximum atomic E-state index is 12.3. The SMILES string of the molecule is COc1ccc2c(c1)CCN(C(=O)CNC(=O)c1ccc(=O)[nH]c1)C2. The van der Waals surface area contributed by atoms with Gasteiger partial charge in [-0.1, -0.05) is 6.07 Å². The van der Waals surface area contributed by atoms with Gasteiger partial charge in [0.25, 0.3) is 5.91 Å². The van der Waals surface area contributed by atoms with E-state index in [1.54, 1.807) is 12.0 Å². The minimum absolute atomic E-state index is 0.0799. The first-order valence-electron chi connectivity index (χ1n) is 7.97. The second kappa shape index (κ2) is 7.21. The average Bonchev–Trinajstić information content (AvgIpc) is 2.65. The minimum atomic E-state index is -0.397. The van der Waals surface area contributed by atoms with Crippen LogP contribution in [0.5, 0.6) is 5.75 Å². The molecule has 7 nitrogen and oxygen atoms in total. The molecule has 0 unspecified atom stereocenters. The van der Waals surface area contributed by atoms with E-state index < -0.39 is 5.91 Å². The standard InChI is InChI=1S/C18H19N3O4/c1-25-15-4-2-14-11-21(7-6-12(14)8-15)17(23)10-20-18(24)13-3-5-16(22)19-9-13/h2-5,8-9H,6-7,10-11H2,1H3,(H,19,22)(H,20,24). The Kier molecular flexibility index (Phi) is 4.83. The highest BCUT2D eigenvalue weighted by molar-refractivity contribution is 5.96. The van der Waals surface area contributed by atoms with Crippen LogP contribution in [0.2, 0.25) is 0 Å². The predicted molar refractivity (Wildman–Crippen MR) is 91.5 cm³/mol. The Balaban J connectivity index is 1.57. The molecule has 2 heterocycles. The summed E-state index contributed by atoms with van der Waals surface area (Å²) < 4.78 is 5.22. The summed E-state index contributed by atoms with van der Waals surface area (Å²) in [6.07, 6.45) is 2.08. The van der Waals surface area contributed by atoms with Gasteiger partial charge in [0, 0.05) is 25.4 Å². The monoisotopic (exact) mass is 341 g/mol. The van der Waals surface area contributed by atoms with E-state index in [0.717, 1.165) is 17.7 Å². The first-order chi connectivity index (χ1) is 12.1.